The molecule has 0 unspecified atom stereocenters. The zero-order valence-electron chi connectivity index (χ0n) is 12.9. The van der Waals surface area contributed by atoms with Crippen LogP contribution in [0.1, 0.15) is 11.5 Å². The monoisotopic (exact) mass is 333 g/mol. The van der Waals surface area contributed by atoms with Crippen LogP contribution in [0.3, 0.4) is 0 Å². The zero-order chi connectivity index (χ0) is 16.4. The van der Waals surface area contributed by atoms with Crippen molar-refractivity contribution >= 4 is 23.5 Å². The van der Waals surface area contributed by atoms with E-state index in [2.05, 4.69) is 20.7 Å². The summed E-state index contributed by atoms with van der Waals surface area (Å²) in [5, 5.41) is 15.3. The number of aromatic nitrogens is 4. The van der Waals surface area contributed by atoms with Gasteiger partial charge in [-0.3, -0.25) is 4.79 Å². The van der Waals surface area contributed by atoms with Crippen molar-refractivity contribution in [2.45, 2.75) is 19.0 Å². The van der Waals surface area contributed by atoms with E-state index in [4.69, 9.17) is 8.94 Å². The van der Waals surface area contributed by atoms with Crippen LogP contribution in [0.15, 0.2) is 32.5 Å². The van der Waals surface area contributed by atoms with Crippen molar-refractivity contribution in [1.29, 1.82) is 0 Å². The van der Waals surface area contributed by atoms with Crippen molar-refractivity contribution in [2.24, 2.45) is 7.05 Å². The summed E-state index contributed by atoms with van der Waals surface area (Å²) in [6.07, 6.45) is 1.61. The zero-order valence-corrected chi connectivity index (χ0v) is 13.7. The van der Waals surface area contributed by atoms with E-state index in [1.54, 1.807) is 19.3 Å². The van der Waals surface area contributed by atoms with Crippen molar-refractivity contribution in [1.82, 2.24) is 19.9 Å². The number of aryl methyl sites for hydroxylation is 2. The first-order valence-corrected chi connectivity index (χ1v) is 7.83. The highest BCUT2D eigenvalue weighted by molar-refractivity contribution is 7.99. The van der Waals surface area contributed by atoms with Gasteiger partial charge in [-0.25, -0.2) is 0 Å². The minimum absolute atomic E-state index is 0.188. The van der Waals surface area contributed by atoms with Crippen LogP contribution in [0.5, 0.6) is 0 Å². The fourth-order valence-electron chi connectivity index (χ4n) is 2.03. The predicted molar refractivity (Wildman–Crippen MR) is 84.0 cm³/mol. The van der Waals surface area contributed by atoms with Gasteiger partial charge in [0, 0.05) is 13.1 Å². The minimum atomic E-state index is -0.188. The smallest absolute Gasteiger partial charge is 0.236 e. The number of carbonyl (C=O) groups excluding carboxylic acids is 1. The summed E-state index contributed by atoms with van der Waals surface area (Å²) in [7, 11) is 1.85. The fraction of sp³-hybridized carbons (Fsp3) is 0.286. The minimum Gasteiger partial charge on any atom is -0.469 e. The van der Waals surface area contributed by atoms with Crippen molar-refractivity contribution in [3.8, 4) is 11.4 Å². The molecule has 0 aliphatic heterocycles. The molecule has 0 spiro atoms. The highest BCUT2D eigenvalue weighted by Gasteiger charge is 2.16. The summed E-state index contributed by atoms with van der Waals surface area (Å²) in [4.78, 5) is 11.9. The molecule has 9 heteroatoms. The molecule has 3 rings (SSSR count). The van der Waals surface area contributed by atoms with E-state index in [1.165, 1.54) is 11.8 Å². The SMILES string of the molecule is Cc1cc(NC(=O)CSc2nnc(-c3ccoc3C)n2C)no1. The van der Waals surface area contributed by atoms with Gasteiger partial charge in [0.25, 0.3) is 0 Å². The average molecular weight is 333 g/mol. The van der Waals surface area contributed by atoms with Crippen molar-refractivity contribution in [3.63, 3.8) is 0 Å². The van der Waals surface area contributed by atoms with Crippen LogP contribution in [0.25, 0.3) is 11.4 Å². The van der Waals surface area contributed by atoms with Crippen molar-refractivity contribution in [3.05, 3.63) is 29.9 Å². The molecule has 0 atom stereocenters. The van der Waals surface area contributed by atoms with E-state index in [0.717, 1.165) is 11.3 Å². The van der Waals surface area contributed by atoms with Crippen molar-refractivity contribution < 1.29 is 13.7 Å². The molecular weight excluding hydrogens is 318 g/mol. The van der Waals surface area contributed by atoms with Crippen LogP contribution < -0.4 is 5.32 Å². The van der Waals surface area contributed by atoms with Gasteiger partial charge >= 0.3 is 0 Å². The van der Waals surface area contributed by atoms with E-state index in [1.807, 2.05) is 24.6 Å². The largest absolute Gasteiger partial charge is 0.469 e. The number of amides is 1. The molecule has 0 bridgehead atoms. The first-order chi connectivity index (χ1) is 11.0. The van der Waals surface area contributed by atoms with Crippen LogP contribution >= 0.6 is 11.8 Å². The van der Waals surface area contributed by atoms with E-state index in [9.17, 15) is 4.79 Å². The van der Waals surface area contributed by atoms with Crippen LogP contribution in [-0.4, -0.2) is 31.6 Å². The van der Waals surface area contributed by atoms with Gasteiger partial charge in [-0.2, -0.15) is 0 Å². The number of rotatable bonds is 5. The normalized spacial score (nSPS) is 10.9. The van der Waals surface area contributed by atoms with E-state index >= 15 is 0 Å². The van der Waals surface area contributed by atoms with Gasteiger partial charge in [-0.05, 0) is 19.9 Å². The molecule has 1 N–H and O–H groups in total. The number of anilines is 1. The quantitative estimate of drug-likeness (QED) is 0.716. The molecule has 3 heterocycles. The Bertz CT molecular complexity index is 835. The number of carbonyl (C=O) groups is 1. The molecule has 0 aliphatic rings. The summed E-state index contributed by atoms with van der Waals surface area (Å²) < 4.78 is 12.0. The van der Waals surface area contributed by atoms with Gasteiger partial charge < -0.3 is 18.8 Å². The summed E-state index contributed by atoms with van der Waals surface area (Å²) in [6.45, 7) is 3.63. The van der Waals surface area contributed by atoms with Gasteiger partial charge in [0.15, 0.2) is 16.8 Å². The van der Waals surface area contributed by atoms with Gasteiger partial charge in [0.2, 0.25) is 5.91 Å². The van der Waals surface area contributed by atoms with Gasteiger partial charge in [0.05, 0.1) is 17.6 Å². The molecule has 23 heavy (non-hydrogen) atoms. The summed E-state index contributed by atoms with van der Waals surface area (Å²) in [5.41, 5.74) is 0.884. The molecule has 0 fully saturated rings. The molecule has 0 radical (unpaired) electrons. The highest BCUT2D eigenvalue weighted by atomic mass is 32.2. The summed E-state index contributed by atoms with van der Waals surface area (Å²) in [5.74, 6) is 2.53. The predicted octanol–water partition coefficient (Wildman–Crippen LogP) is 2.41. The molecular formula is C14H15N5O3S. The van der Waals surface area contributed by atoms with Gasteiger partial charge in [-0.1, -0.05) is 16.9 Å². The Kier molecular flexibility index (Phi) is 4.20. The second-order valence-corrected chi connectivity index (χ2v) is 5.86. The number of hydrogen-bond acceptors (Lipinski definition) is 7. The Labute approximate surface area is 136 Å². The van der Waals surface area contributed by atoms with E-state index < -0.39 is 0 Å². The molecule has 8 nitrogen and oxygen atoms in total. The van der Waals surface area contributed by atoms with Crippen LogP contribution in [-0.2, 0) is 11.8 Å². The number of thioether (sulfide) groups is 1. The third-order valence-electron chi connectivity index (χ3n) is 3.16. The third-order valence-corrected chi connectivity index (χ3v) is 4.18. The highest BCUT2D eigenvalue weighted by Crippen LogP contribution is 2.25. The summed E-state index contributed by atoms with van der Waals surface area (Å²) in [6, 6.07) is 3.50. The fourth-order valence-corrected chi connectivity index (χ4v) is 2.74. The lowest BCUT2D eigenvalue weighted by Crippen LogP contribution is -2.14. The lowest BCUT2D eigenvalue weighted by molar-refractivity contribution is -0.113. The second kappa shape index (κ2) is 6.29. The number of nitrogens with zero attached hydrogens (tertiary/aromatic N) is 4. The maximum Gasteiger partial charge on any atom is 0.236 e. The Hall–Kier alpha value is -2.55. The Balaban J connectivity index is 1.64. The first kappa shape index (κ1) is 15.3. The Morgan fingerprint density at radius 3 is 2.87 bits per heavy atom. The molecule has 0 aromatic carbocycles. The second-order valence-electron chi connectivity index (χ2n) is 4.92. The first-order valence-electron chi connectivity index (χ1n) is 6.84. The number of hydrogen-bond donors (Lipinski definition) is 1. The number of furan rings is 1. The third kappa shape index (κ3) is 3.29. The lowest BCUT2D eigenvalue weighted by Gasteiger charge is -2.03. The van der Waals surface area contributed by atoms with Crippen molar-refractivity contribution in [2.75, 3.05) is 11.1 Å². The maximum absolute atomic E-state index is 11.9. The molecule has 120 valence electrons. The Morgan fingerprint density at radius 1 is 1.39 bits per heavy atom. The average Bonchev–Trinajstić information content (AvgIpc) is 3.19. The Morgan fingerprint density at radius 2 is 2.22 bits per heavy atom. The maximum atomic E-state index is 11.9. The van der Waals surface area contributed by atoms with Gasteiger partial charge in [-0.15, -0.1) is 10.2 Å². The molecule has 3 aromatic rings. The van der Waals surface area contributed by atoms with Crippen LogP contribution in [0.2, 0.25) is 0 Å². The van der Waals surface area contributed by atoms with Gasteiger partial charge in [0.1, 0.15) is 11.5 Å². The summed E-state index contributed by atoms with van der Waals surface area (Å²) >= 11 is 1.29. The van der Waals surface area contributed by atoms with E-state index in [0.29, 0.717) is 22.6 Å². The van der Waals surface area contributed by atoms with E-state index in [-0.39, 0.29) is 11.7 Å². The van der Waals surface area contributed by atoms with Crippen LogP contribution in [0.4, 0.5) is 5.82 Å². The lowest BCUT2D eigenvalue weighted by atomic mass is 10.2. The molecule has 3 aromatic heterocycles. The number of nitrogens with one attached hydrogen (secondary N) is 1. The standard InChI is InChI=1S/C14H15N5O3S/c1-8-6-11(18-22-8)15-12(20)7-23-14-17-16-13(19(14)3)10-4-5-21-9(10)2/h4-6H,7H2,1-3H3,(H,15,18,20). The molecule has 0 aliphatic carbocycles. The molecule has 1 amide bonds. The van der Waals surface area contributed by atoms with Crippen LogP contribution in [0, 0.1) is 13.8 Å². The molecule has 0 saturated heterocycles. The molecule has 0 saturated carbocycles. The topological polar surface area (TPSA) is 99.0 Å².